The molecular formula is C17H20N2O2. The predicted octanol–water partition coefficient (Wildman–Crippen LogP) is 1.97. The van der Waals surface area contributed by atoms with Gasteiger partial charge in [-0.15, -0.1) is 0 Å². The topological polar surface area (TPSA) is 51.2 Å². The Kier molecular flexibility index (Phi) is 4.27. The monoisotopic (exact) mass is 284 g/mol. The maximum atomic E-state index is 12.5. The van der Waals surface area contributed by atoms with Gasteiger partial charge in [0.1, 0.15) is 5.78 Å². The number of ketones is 1. The molecule has 2 heterocycles. The summed E-state index contributed by atoms with van der Waals surface area (Å²) in [6.07, 6.45) is 0.376. The Hall–Kier alpha value is -1.78. The first-order valence-corrected chi connectivity index (χ1v) is 7.46. The zero-order valence-electron chi connectivity index (χ0n) is 12.2. The lowest BCUT2D eigenvalue weighted by atomic mass is 9.95. The molecule has 21 heavy (non-hydrogen) atoms. The number of nitrogens with zero attached hydrogens (tertiary/aromatic N) is 1. The van der Waals surface area contributed by atoms with E-state index in [-0.39, 0.29) is 17.7 Å². The number of nitrogens with one attached hydrogen (secondary N) is 1. The van der Waals surface area contributed by atoms with Crippen molar-refractivity contribution >= 4 is 16.7 Å². The molecule has 0 bridgehead atoms. The predicted molar refractivity (Wildman–Crippen MR) is 82.2 cm³/mol. The van der Waals surface area contributed by atoms with Crippen molar-refractivity contribution in [1.29, 1.82) is 0 Å². The van der Waals surface area contributed by atoms with Crippen molar-refractivity contribution in [1.82, 2.24) is 10.3 Å². The van der Waals surface area contributed by atoms with Gasteiger partial charge in [0.2, 0.25) is 0 Å². The van der Waals surface area contributed by atoms with Crippen LogP contribution in [0.15, 0.2) is 36.4 Å². The van der Waals surface area contributed by atoms with E-state index in [2.05, 4.69) is 10.3 Å². The molecule has 2 unspecified atom stereocenters. The molecule has 2 aromatic rings. The van der Waals surface area contributed by atoms with E-state index in [4.69, 9.17) is 4.74 Å². The molecule has 1 aromatic heterocycles. The quantitative estimate of drug-likeness (QED) is 0.912. The highest BCUT2D eigenvalue weighted by atomic mass is 16.5. The molecule has 3 rings (SSSR count). The molecule has 0 spiro atoms. The highest BCUT2D eigenvalue weighted by Crippen LogP contribution is 2.18. The van der Waals surface area contributed by atoms with Crippen LogP contribution >= 0.6 is 0 Å². The number of aromatic nitrogens is 1. The lowest BCUT2D eigenvalue weighted by Crippen LogP contribution is -2.39. The van der Waals surface area contributed by atoms with Crippen LogP contribution in [0.2, 0.25) is 0 Å². The summed E-state index contributed by atoms with van der Waals surface area (Å²) in [5.74, 6) is 0.152. The van der Waals surface area contributed by atoms with Crippen LogP contribution in [0.25, 0.3) is 10.9 Å². The molecule has 0 saturated carbocycles. The van der Waals surface area contributed by atoms with Gasteiger partial charge in [-0.05, 0) is 18.7 Å². The maximum Gasteiger partial charge on any atom is 0.145 e. The molecular weight excluding hydrogens is 264 g/mol. The molecule has 1 aliphatic heterocycles. The third-order valence-electron chi connectivity index (χ3n) is 3.97. The molecule has 110 valence electrons. The Morgan fingerprint density at radius 1 is 1.29 bits per heavy atom. The number of ether oxygens (including phenoxy) is 1. The van der Waals surface area contributed by atoms with Gasteiger partial charge < -0.3 is 10.1 Å². The van der Waals surface area contributed by atoms with Crippen LogP contribution < -0.4 is 5.32 Å². The summed E-state index contributed by atoms with van der Waals surface area (Å²) in [5.41, 5.74) is 1.77. The number of hydrogen-bond acceptors (Lipinski definition) is 4. The normalized spacial score (nSPS) is 21.8. The fraction of sp³-hybridized carbons (Fsp3) is 0.412. The standard InChI is InChI=1S/C17H20N2O2/c1-2-18-16-11-21-10-14(16)17(20)9-13-8-7-12-5-3-4-6-15(12)19-13/h3-8,14,16,18H,2,9-11H2,1H3. The van der Waals surface area contributed by atoms with Gasteiger partial charge in [0.25, 0.3) is 0 Å². The summed E-state index contributed by atoms with van der Waals surface area (Å²) in [7, 11) is 0. The van der Waals surface area contributed by atoms with E-state index < -0.39 is 0 Å². The number of carbonyl (C=O) groups is 1. The number of Topliss-reactive ketones (excluding diaryl/α,β-unsaturated/α-hetero) is 1. The molecule has 4 heteroatoms. The van der Waals surface area contributed by atoms with E-state index in [1.807, 2.05) is 43.3 Å². The molecule has 1 aromatic carbocycles. The molecule has 1 N–H and O–H groups in total. The minimum Gasteiger partial charge on any atom is -0.379 e. The molecule has 0 radical (unpaired) electrons. The zero-order chi connectivity index (χ0) is 14.7. The summed E-state index contributed by atoms with van der Waals surface area (Å²) in [4.78, 5) is 17.1. The number of para-hydroxylation sites is 1. The second-order valence-corrected chi connectivity index (χ2v) is 5.45. The van der Waals surface area contributed by atoms with E-state index in [0.29, 0.717) is 19.6 Å². The number of rotatable bonds is 5. The van der Waals surface area contributed by atoms with Gasteiger partial charge in [0, 0.05) is 23.5 Å². The van der Waals surface area contributed by atoms with E-state index in [9.17, 15) is 4.79 Å². The molecule has 1 fully saturated rings. The van der Waals surface area contributed by atoms with Gasteiger partial charge in [-0.1, -0.05) is 31.2 Å². The zero-order valence-corrected chi connectivity index (χ0v) is 12.2. The van der Waals surface area contributed by atoms with Crippen LogP contribution in [-0.4, -0.2) is 36.6 Å². The summed E-state index contributed by atoms with van der Waals surface area (Å²) < 4.78 is 5.45. The van der Waals surface area contributed by atoms with Crippen LogP contribution in [0, 0.1) is 5.92 Å². The van der Waals surface area contributed by atoms with Crippen LogP contribution in [0.3, 0.4) is 0 Å². The van der Waals surface area contributed by atoms with Crippen LogP contribution in [0.4, 0.5) is 0 Å². The van der Waals surface area contributed by atoms with Crippen molar-refractivity contribution in [2.24, 2.45) is 5.92 Å². The van der Waals surface area contributed by atoms with Crippen molar-refractivity contribution in [2.45, 2.75) is 19.4 Å². The number of likely N-dealkylation sites (N-methyl/N-ethyl adjacent to an activating group) is 1. The number of hydrogen-bond donors (Lipinski definition) is 1. The molecule has 4 nitrogen and oxygen atoms in total. The van der Waals surface area contributed by atoms with Gasteiger partial charge in [-0.2, -0.15) is 0 Å². The molecule has 1 aliphatic rings. The first-order valence-electron chi connectivity index (χ1n) is 7.46. The minimum absolute atomic E-state index is 0.0572. The average Bonchev–Trinajstić information content (AvgIpc) is 2.96. The van der Waals surface area contributed by atoms with Crippen molar-refractivity contribution in [3.05, 3.63) is 42.1 Å². The van der Waals surface area contributed by atoms with Gasteiger partial charge in [-0.25, -0.2) is 0 Å². The van der Waals surface area contributed by atoms with Gasteiger partial charge in [0.05, 0.1) is 24.6 Å². The third kappa shape index (κ3) is 3.12. The Morgan fingerprint density at radius 3 is 3.00 bits per heavy atom. The Bertz CT molecular complexity index is 641. The smallest absolute Gasteiger partial charge is 0.145 e. The largest absolute Gasteiger partial charge is 0.379 e. The SMILES string of the molecule is CCNC1COCC1C(=O)Cc1ccc2ccccc2n1. The number of carbonyl (C=O) groups excluding carboxylic acids is 1. The van der Waals surface area contributed by atoms with E-state index in [1.54, 1.807) is 0 Å². The molecule has 0 amide bonds. The van der Waals surface area contributed by atoms with E-state index in [1.165, 1.54) is 0 Å². The number of benzene rings is 1. The summed E-state index contributed by atoms with van der Waals surface area (Å²) in [6.45, 7) is 4.04. The fourth-order valence-electron chi connectivity index (χ4n) is 2.85. The van der Waals surface area contributed by atoms with Crippen molar-refractivity contribution in [3.63, 3.8) is 0 Å². The summed E-state index contributed by atoms with van der Waals surface area (Å²) in [6, 6.07) is 12.1. The Balaban J connectivity index is 1.73. The lowest BCUT2D eigenvalue weighted by molar-refractivity contribution is -0.122. The van der Waals surface area contributed by atoms with Crippen molar-refractivity contribution < 1.29 is 9.53 Å². The first kappa shape index (κ1) is 14.2. The Morgan fingerprint density at radius 2 is 2.14 bits per heavy atom. The lowest BCUT2D eigenvalue weighted by Gasteiger charge is -2.16. The maximum absolute atomic E-state index is 12.5. The molecule has 1 saturated heterocycles. The van der Waals surface area contributed by atoms with E-state index in [0.717, 1.165) is 23.1 Å². The molecule has 0 aliphatic carbocycles. The van der Waals surface area contributed by atoms with Crippen LogP contribution in [0.5, 0.6) is 0 Å². The number of fused-ring (bicyclic) bond motifs is 1. The number of pyridine rings is 1. The minimum atomic E-state index is -0.0572. The second kappa shape index (κ2) is 6.33. The highest BCUT2D eigenvalue weighted by molar-refractivity contribution is 5.85. The Labute approximate surface area is 124 Å². The average molecular weight is 284 g/mol. The van der Waals surface area contributed by atoms with Crippen molar-refractivity contribution in [2.75, 3.05) is 19.8 Å². The second-order valence-electron chi connectivity index (χ2n) is 5.45. The highest BCUT2D eigenvalue weighted by Gasteiger charge is 2.33. The summed E-state index contributed by atoms with van der Waals surface area (Å²) >= 11 is 0. The van der Waals surface area contributed by atoms with Crippen molar-refractivity contribution in [3.8, 4) is 0 Å². The third-order valence-corrected chi connectivity index (χ3v) is 3.97. The molecule has 2 atom stereocenters. The van der Waals surface area contributed by atoms with E-state index >= 15 is 0 Å². The van der Waals surface area contributed by atoms with Gasteiger partial charge in [0.15, 0.2) is 0 Å². The van der Waals surface area contributed by atoms with Crippen LogP contribution in [0.1, 0.15) is 12.6 Å². The van der Waals surface area contributed by atoms with Crippen LogP contribution in [-0.2, 0) is 16.0 Å². The van der Waals surface area contributed by atoms with Gasteiger partial charge >= 0.3 is 0 Å². The first-order chi connectivity index (χ1) is 10.3. The summed E-state index contributed by atoms with van der Waals surface area (Å²) in [5, 5.41) is 4.43. The van der Waals surface area contributed by atoms with Gasteiger partial charge in [-0.3, -0.25) is 9.78 Å². The fourth-order valence-corrected chi connectivity index (χ4v) is 2.85.